The molecule has 4 atom stereocenters. The number of carbonyl (C=O) groups is 3. The normalized spacial score (nSPS) is 39.7. The smallest absolute Gasteiger partial charge is 0.238 e. The minimum atomic E-state index is -0.710. The molecule has 2 aliphatic carbocycles. The van der Waals surface area contributed by atoms with Gasteiger partial charge in [0.15, 0.2) is 0 Å². The molecule has 1 aromatic carbocycles. The summed E-state index contributed by atoms with van der Waals surface area (Å²) in [4.78, 5) is 39.2. The molecule has 1 aromatic rings. The van der Waals surface area contributed by atoms with E-state index in [1.54, 1.807) is 12.1 Å². The minimum absolute atomic E-state index is 0.0807. The van der Waals surface area contributed by atoms with E-state index in [4.69, 9.17) is 0 Å². The summed E-state index contributed by atoms with van der Waals surface area (Å²) in [6, 6.07) is 6.02. The average molecular weight is 299 g/mol. The number of imide groups is 1. The summed E-state index contributed by atoms with van der Waals surface area (Å²) in [6.07, 6.45) is 1.00. The van der Waals surface area contributed by atoms with Crippen molar-refractivity contribution in [3.63, 3.8) is 0 Å². The lowest BCUT2D eigenvalue weighted by atomic mass is 9.68. The van der Waals surface area contributed by atoms with E-state index >= 15 is 0 Å². The number of amides is 2. The molecule has 1 aliphatic heterocycles. The number of hydrogen-bond acceptors (Lipinski definition) is 4. The zero-order valence-electron chi connectivity index (χ0n) is 12.5. The molecular formula is C17H17NO4. The van der Waals surface area contributed by atoms with E-state index in [0.29, 0.717) is 18.5 Å². The Bertz CT molecular complexity index is 725. The highest BCUT2D eigenvalue weighted by Crippen LogP contribution is 2.67. The van der Waals surface area contributed by atoms with Gasteiger partial charge in [0, 0.05) is 11.8 Å². The topological polar surface area (TPSA) is 74.7 Å². The van der Waals surface area contributed by atoms with Crippen LogP contribution in [-0.4, -0.2) is 22.7 Å². The van der Waals surface area contributed by atoms with Crippen molar-refractivity contribution in [3.05, 3.63) is 24.3 Å². The van der Waals surface area contributed by atoms with E-state index < -0.39 is 22.7 Å². The Hall–Kier alpha value is -2.17. The quantitative estimate of drug-likeness (QED) is 0.804. The SMILES string of the molecule is CC12CC(=O)C(C)(C1)C1C(=O)N(c3ccc(O)cc3)C(=O)C12. The van der Waals surface area contributed by atoms with E-state index in [2.05, 4.69) is 0 Å². The van der Waals surface area contributed by atoms with Gasteiger partial charge in [0.1, 0.15) is 11.5 Å². The number of hydrogen-bond donors (Lipinski definition) is 1. The van der Waals surface area contributed by atoms with Crippen LogP contribution in [0.2, 0.25) is 0 Å². The first-order valence-corrected chi connectivity index (χ1v) is 7.48. The van der Waals surface area contributed by atoms with Gasteiger partial charge in [0.05, 0.1) is 17.5 Å². The number of phenolic OH excluding ortho intramolecular Hbond substituents is 1. The molecule has 2 saturated carbocycles. The Morgan fingerprint density at radius 3 is 2.27 bits per heavy atom. The number of phenols is 1. The maximum absolute atomic E-state index is 12.9. The number of anilines is 1. The van der Waals surface area contributed by atoms with Gasteiger partial charge in [0.2, 0.25) is 11.8 Å². The van der Waals surface area contributed by atoms with Crippen LogP contribution in [0.15, 0.2) is 24.3 Å². The van der Waals surface area contributed by atoms with Gasteiger partial charge in [-0.2, -0.15) is 0 Å². The molecule has 5 nitrogen and oxygen atoms in total. The van der Waals surface area contributed by atoms with Crippen molar-refractivity contribution in [2.75, 3.05) is 4.90 Å². The van der Waals surface area contributed by atoms with E-state index in [-0.39, 0.29) is 23.3 Å². The van der Waals surface area contributed by atoms with E-state index in [9.17, 15) is 19.5 Å². The summed E-state index contributed by atoms with van der Waals surface area (Å²) < 4.78 is 0. The minimum Gasteiger partial charge on any atom is -0.508 e. The predicted octanol–water partition coefficient (Wildman–Crippen LogP) is 1.89. The summed E-state index contributed by atoms with van der Waals surface area (Å²) in [5.74, 6) is -1.25. The lowest BCUT2D eigenvalue weighted by molar-refractivity contribution is -0.138. The number of nitrogens with zero attached hydrogens (tertiary/aromatic N) is 1. The Balaban J connectivity index is 1.81. The standard InChI is InChI=1S/C17H17NO4/c1-16-7-11(20)17(2,8-16)13-12(16)14(21)18(15(13)22)9-3-5-10(19)6-4-9/h3-6,12-13,19H,7-8H2,1-2H3. The third-order valence-electron chi connectivity index (χ3n) is 5.82. The lowest BCUT2D eigenvalue weighted by Crippen LogP contribution is -2.40. The van der Waals surface area contributed by atoms with Crippen molar-refractivity contribution < 1.29 is 19.5 Å². The van der Waals surface area contributed by atoms with Gasteiger partial charge in [-0.05, 0) is 36.1 Å². The Labute approximate surface area is 127 Å². The molecule has 1 saturated heterocycles. The first-order chi connectivity index (χ1) is 10.3. The molecule has 2 amide bonds. The molecule has 3 fully saturated rings. The number of ketones is 1. The second-order valence-electron chi connectivity index (χ2n) is 7.33. The second kappa shape index (κ2) is 3.77. The molecule has 4 unspecified atom stereocenters. The molecule has 0 radical (unpaired) electrons. The van der Waals surface area contributed by atoms with Gasteiger partial charge < -0.3 is 5.11 Å². The van der Waals surface area contributed by atoms with Crippen molar-refractivity contribution >= 4 is 23.3 Å². The Morgan fingerprint density at radius 1 is 1.05 bits per heavy atom. The maximum atomic E-state index is 12.9. The number of fused-ring (bicyclic) bond motifs is 5. The van der Waals surface area contributed by atoms with Gasteiger partial charge >= 0.3 is 0 Å². The maximum Gasteiger partial charge on any atom is 0.238 e. The van der Waals surface area contributed by atoms with Crippen LogP contribution in [0.3, 0.4) is 0 Å². The van der Waals surface area contributed by atoms with Crippen molar-refractivity contribution in [2.45, 2.75) is 26.7 Å². The van der Waals surface area contributed by atoms with Crippen molar-refractivity contribution in [1.29, 1.82) is 0 Å². The van der Waals surface area contributed by atoms with Gasteiger partial charge in [0.25, 0.3) is 0 Å². The molecule has 5 heteroatoms. The largest absolute Gasteiger partial charge is 0.508 e. The number of aromatic hydroxyl groups is 1. The van der Waals surface area contributed by atoms with Crippen LogP contribution in [0.4, 0.5) is 5.69 Å². The number of Topliss-reactive ketones (excluding diaryl/α,β-unsaturated/α-hetero) is 1. The Morgan fingerprint density at radius 2 is 1.64 bits per heavy atom. The molecule has 1 heterocycles. The Kier molecular flexibility index (Phi) is 2.31. The second-order valence-corrected chi connectivity index (χ2v) is 7.33. The molecule has 0 aromatic heterocycles. The fourth-order valence-corrected chi connectivity index (χ4v) is 4.94. The number of benzene rings is 1. The summed E-state index contributed by atoms with van der Waals surface area (Å²) in [5.41, 5.74) is -0.659. The van der Waals surface area contributed by atoms with Crippen molar-refractivity contribution in [2.24, 2.45) is 22.7 Å². The van der Waals surface area contributed by atoms with E-state index in [0.717, 1.165) is 0 Å². The summed E-state index contributed by atoms with van der Waals surface area (Å²) in [5, 5.41) is 9.37. The fraction of sp³-hybridized carbons (Fsp3) is 0.471. The molecule has 114 valence electrons. The summed E-state index contributed by atoms with van der Waals surface area (Å²) in [6.45, 7) is 3.78. The molecule has 22 heavy (non-hydrogen) atoms. The van der Waals surface area contributed by atoms with Crippen LogP contribution in [0.1, 0.15) is 26.7 Å². The molecule has 3 aliphatic rings. The first-order valence-electron chi connectivity index (χ1n) is 7.48. The summed E-state index contributed by atoms with van der Waals surface area (Å²) in [7, 11) is 0. The third kappa shape index (κ3) is 1.36. The average Bonchev–Trinajstić information content (AvgIpc) is 2.94. The van der Waals surface area contributed by atoms with E-state index in [1.165, 1.54) is 17.0 Å². The first kappa shape index (κ1) is 13.5. The van der Waals surface area contributed by atoms with Crippen LogP contribution >= 0.6 is 0 Å². The van der Waals surface area contributed by atoms with Crippen LogP contribution < -0.4 is 4.90 Å². The van der Waals surface area contributed by atoms with Crippen LogP contribution in [0, 0.1) is 22.7 Å². The van der Waals surface area contributed by atoms with Crippen LogP contribution in [0.25, 0.3) is 0 Å². The zero-order valence-corrected chi connectivity index (χ0v) is 12.5. The fourth-order valence-electron chi connectivity index (χ4n) is 4.94. The van der Waals surface area contributed by atoms with Crippen LogP contribution in [0.5, 0.6) is 5.75 Å². The zero-order chi connectivity index (χ0) is 15.9. The van der Waals surface area contributed by atoms with Gasteiger partial charge in [-0.1, -0.05) is 13.8 Å². The van der Waals surface area contributed by atoms with E-state index in [1.807, 2.05) is 13.8 Å². The van der Waals surface area contributed by atoms with Crippen LogP contribution in [-0.2, 0) is 14.4 Å². The highest BCUT2D eigenvalue weighted by Gasteiger charge is 2.74. The number of carbonyl (C=O) groups excluding carboxylic acids is 3. The van der Waals surface area contributed by atoms with Gasteiger partial charge in [-0.15, -0.1) is 0 Å². The van der Waals surface area contributed by atoms with Crippen molar-refractivity contribution in [1.82, 2.24) is 0 Å². The monoisotopic (exact) mass is 299 g/mol. The molecular weight excluding hydrogens is 282 g/mol. The molecule has 4 rings (SSSR count). The molecule has 1 N–H and O–H groups in total. The molecule has 0 spiro atoms. The predicted molar refractivity (Wildman–Crippen MR) is 78.0 cm³/mol. The highest BCUT2D eigenvalue weighted by atomic mass is 16.3. The third-order valence-corrected chi connectivity index (χ3v) is 5.82. The molecule has 2 bridgehead atoms. The highest BCUT2D eigenvalue weighted by molar-refractivity contribution is 6.24. The van der Waals surface area contributed by atoms with Gasteiger partial charge in [-0.3, -0.25) is 19.3 Å². The van der Waals surface area contributed by atoms with Gasteiger partial charge in [-0.25, -0.2) is 0 Å². The summed E-state index contributed by atoms with van der Waals surface area (Å²) >= 11 is 0. The van der Waals surface area contributed by atoms with Crippen molar-refractivity contribution in [3.8, 4) is 5.75 Å². The lowest BCUT2D eigenvalue weighted by Gasteiger charge is -2.30. The number of rotatable bonds is 1.